The fourth-order valence-electron chi connectivity index (χ4n) is 0.803. The van der Waals surface area contributed by atoms with Crippen LogP contribution < -0.4 is 5.32 Å². The van der Waals surface area contributed by atoms with Crippen LogP contribution in [-0.4, -0.2) is 6.41 Å². The Bertz CT molecular complexity index is 273. The Morgan fingerprint density at radius 2 is 2.27 bits per heavy atom. The van der Waals surface area contributed by atoms with Crippen LogP contribution in [0.15, 0.2) is 18.2 Å². The lowest BCUT2D eigenvalue weighted by Gasteiger charge is -1.99. The van der Waals surface area contributed by atoms with Crippen LogP contribution >= 0.6 is 0 Å². The van der Waals surface area contributed by atoms with E-state index >= 15 is 0 Å². The fourth-order valence-corrected chi connectivity index (χ4v) is 0.803. The monoisotopic (exact) mass is 153 g/mol. The maximum Gasteiger partial charge on any atom is 0.211 e. The van der Waals surface area contributed by atoms with Crippen LogP contribution in [0.2, 0.25) is 0 Å². The van der Waals surface area contributed by atoms with Crippen LogP contribution in [0.1, 0.15) is 5.56 Å². The number of hydrogen-bond donors (Lipinski definition) is 1. The van der Waals surface area contributed by atoms with Gasteiger partial charge in [0.25, 0.3) is 0 Å². The van der Waals surface area contributed by atoms with Gasteiger partial charge in [-0.25, -0.2) is 4.39 Å². The van der Waals surface area contributed by atoms with Crippen LogP contribution in [-0.2, 0) is 4.79 Å². The molecule has 0 unspecified atom stereocenters. The highest BCUT2D eigenvalue weighted by atomic mass is 19.1. The van der Waals surface area contributed by atoms with Gasteiger partial charge in [0.05, 0.1) is 0 Å². The summed E-state index contributed by atoms with van der Waals surface area (Å²) in [5.41, 5.74) is 1.13. The average Bonchev–Trinajstić information content (AvgIpc) is 1.98. The Morgan fingerprint density at radius 1 is 1.55 bits per heavy atom. The Kier molecular flexibility index (Phi) is 2.21. The molecule has 0 heterocycles. The van der Waals surface area contributed by atoms with Gasteiger partial charge in [-0.15, -0.1) is 0 Å². The number of carbonyl (C=O) groups excluding carboxylic acids is 1. The maximum atomic E-state index is 12.6. The third-order valence-corrected chi connectivity index (χ3v) is 1.38. The molecule has 2 nitrogen and oxygen atoms in total. The summed E-state index contributed by atoms with van der Waals surface area (Å²) in [7, 11) is 0. The minimum absolute atomic E-state index is 0.263. The lowest BCUT2D eigenvalue weighted by atomic mass is 10.2. The van der Waals surface area contributed by atoms with Crippen molar-refractivity contribution in [2.75, 3.05) is 5.32 Å². The molecular weight excluding hydrogens is 145 g/mol. The lowest BCUT2D eigenvalue weighted by Crippen LogP contribution is -1.94. The molecule has 0 aliphatic heterocycles. The Balaban J connectivity index is 2.95. The Morgan fingerprint density at radius 3 is 2.82 bits per heavy atom. The van der Waals surface area contributed by atoms with Crippen LogP contribution in [0.25, 0.3) is 0 Å². The molecule has 0 aliphatic carbocycles. The number of aryl methyl sites for hydroxylation is 1. The van der Waals surface area contributed by atoms with Gasteiger partial charge in [-0.3, -0.25) is 4.79 Å². The topological polar surface area (TPSA) is 29.1 Å². The van der Waals surface area contributed by atoms with Crippen molar-refractivity contribution in [3.8, 4) is 0 Å². The van der Waals surface area contributed by atoms with Gasteiger partial charge in [0.1, 0.15) is 5.82 Å². The molecule has 0 spiro atoms. The molecule has 0 aliphatic rings. The smallest absolute Gasteiger partial charge is 0.211 e. The number of nitrogens with one attached hydrogen (secondary N) is 1. The second-order valence-electron chi connectivity index (χ2n) is 2.23. The fraction of sp³-hybridized carbons (Fsp3) is 0.125. The van der Waals surface area contributed by atoms with Gasteiger partial charge in [0, 0.05) is 5.69 Å². The summed E-state index contributed by atoms with van der Waals surface area (Å²) in [6.45, 7) is 1.64. The largest absolute Gasteiger partial charge is 0.329 e. The zero-order chi connectivity index (χ0) is 8.27. The van der Waals surface area contributed by atoms with E-state index < -0.39 is 0 Å². The second-order valence-corrected chi connectivity index (χ2v) is 2.23. The molecule has 1 rings (SSSR count). The molecule has 1 N–H and O–H groups in total. The van der Waals surface area contributed by atoms with Gasteiger partial charge in [-0.2, -0.15) is 0 Å². The van der Waals surface area contributed by atoms with Crippen molar-refractivity contribution in [2.24, 2.45) is 0 Å². The average molecular weight is 153 g/mol. The second kappa shape index (κ2) is 3.14. The highest BCUT2D eigenvalue weighted by Crippen LogP contribution is 2.12. The Labute approximate surface area is 64.0 Å². The molecule has 3 heteroatoms. The molecule has 1 aromatic carbocycles. The van der Waals surface area contributed by atoms with Gasteiger partial charge in [-0.05, 0) is 30.7 Å². The van der Waals surface area contributed by atoms with E-state index in [4.69, 9.17) is 0 Å². The predicted molar refractivity (Wildman–Crippen MR) is 40.8 cm³/mol. The number of carbonyl (C=O) groups is 1. The van der Waals surface area contributed by atoms with E-state index in [2.05, 4.69) is 5.32 Å². The molecule has 0 radical (unpaired) electrons. The first-order chi connectivity index (χ1) is 5.24. The lowest BCUT2D eigenvalue weighted by molar-refractivity contribution is -0.105. The van der Waals surface area contributed by atoms with Crippen LogP contribution in [0.4, 0.5) is 10.1 Å². The summed E-state index contributed by atoms with van der Waals surface area (Å²) in [6, 6.07) is 4.40. The minimum atomic E-state index is -0.263. The van der Waals surface area contributed by atoms with Gasteiger partial charge in [0.2, 0.25) is 6.41 Å². The van der Waals surface area contributed by atoms with E-state index in [1.807, 2.05) is 0 Å². The van der Waals surface area contributed by atoms with E-state index in [1.54, 1.807) is 13.0 Å². The zero-order valence-corrected chi connectivity index (χ0v) is 6.10. The number of benzene rings is 1. The summed E-state index contributed by atoms with van der Waals surface area (Å²) in [5, 5.41) is 2.43. The highest BCUT2D eigenvalue weighted by molar-refractivity contribution is 5.71. The quantitative estimate of drug-likeness (QED) is 0.644. The zero-order valence-electron chi connectivity index (χ0n) is 6.10. The first-order valence-electron chi connectivity index (χ1n) is 3.20. The van der Waals surface area contributed by atoms with Crippen molar-refractivity contribution < 1.29 is 9.18 Å². The van der Waals surface area contributed by atoms with E-state index in [-0.39, 0.29) is 5.82 Å². The van der Waals surface area contributed by atoms with E-state index in [0.717, 1.165) is 0 Å². The SMILES string of the molecule is Cc1cc(NC=O)ccc1F. The van der Waals surface area contributed by atoms with Crippen molar-refractivity contribution >= 4 is 12.1 Å². The van der Waals surface area contributed by atoms with E-state index in [1.165, 1.54) is 12.1 Å². The molecular formula is C8H8FNO. The van der Waals surface area contributed by atoms with Crippen molar-refractivity contribution in [1.82, 2.24) is 0 Å². The third kappa shape index (κ3) is 1.77. The standard InChI is InChI=1S/C8H8FNO/c1-6-4-7(10-5-11)2-3-8(6)9/h2-5H,1H3,(H,10,11). The van der Waals surface area contributed by atoms with Crippen molar-refractivity contribution in [1.29, 1.82) is 0 Å². The predicted octanol–water partition coefficient (Wildman–Crippen LogP) is 1.70. The molecule has 0 saturated carbocycles. The van der Waals surface area contributed by atoms with Gasteiger partial charge >= 0.3 is 0 Å². The van der Waals surface area contributed by atoms with Crippen molar-refractivity contribution in [3.05, 3.63) is 29.6 Å². The first kappa shape index (κ1) is 7.72. The van der Waals surface area contributed by atoms with Gasteiger partial charge < -0.3 is 5.32 Å². The van der Waals surface area contributed by atoms with Crippen molar-refractivity contribution in [2.45, 2.75) is 6.92 Å². The number of anilines is 1. The number of hydrogen-bond acceptors (Lipinski definition) is 1. The number of halogens is 1. The van der Waals surface area contributed by atoms with E-state index in [0.29, 0.717) is 17.7 Å². The highest BCUT2D eigenvalue weighted by Gasteiger charge is 1.96. The summed E-state index contributed by atoms with van der Waals surface area (Å²) in [5.74, 6) is -0.263. The molecule has 0 aromatic heterocycles. The molecule has 0 saturated heterocycles. The summed E-state index contributed by atoms with van der Waals surface area (Å²) < 4.78 is 12.6. The van der Waals surface area contributed by atoms with Crippen LogP contribution in [0.3, 0.4) is 0 Å². The number of rotatable bonds is 2. The van der Waals surface area contributed by atoms with Crippen LogP contribution in [0, 0.1) is 12.7 Å². The summed E-state index contributed by atoms with van der Waals surface area (Å²) >= 11 is 0. The van der Waals surface area contributed by atoms with Gasteiger partial charge in [0.15, 0.2) is 0 Å². The Hall–Kier alpha value is -1.38. The summed E-state index contributed by atoms with van der Waals surface area (Å²) in [6.07, 6.45) is 0.562. The van der Waals surface area contributed by atoms with E-state index in [9.17, 15) is 9.18 Å². The normalized spacial score (nSPS) is 9.27. The molecule has 0 fully saturated rings. The molecule has 0 bridgehead atoms. The minimum Gasteiger partial charge on any atom is -0.329 e. The maximum absolute atomic E-state index is 12.6. The molecule has 0 atom stereocenters. The molecule has 1 amide bonds. The van der Waals surface area contributed by atoms with Crippen molar-refractivity contribution in [3.63, 3.8) is 0 Å². The summed E-state index contributed by atoms with van der Waals surface area (Å²) in [4.78, 5) is 9.97. The third-order valence-electron chi connectivity index (χ3n) is 1.38. The molecule has 58 valence electrons. The van der Waals surface area contributed by atoms with Gasteiger partial charge in [-0.1, -0.05) is 0 Å². The van der Waals surface area contributed by atoms with Crippen LogP contribution in [0.5, 0.6) is 0 Å². The number of amides is 1. The molecule has 11 heavy (non-hydrogen) atoms. The molecule has 1 aromatic rings. The first-order valence-corrected chi connectivity index (χ1v) is 3.20.